The van der Waals surface area contributed by atoms with Crippen molar-refractivity contribution in [3.63, 3.8) is 0 Å². The van der Waals surface area contributed by atoms with E-state index in [1.807, 2.05) is 6.92 Å². The van der Waals surface area contributed by atoms with Crippen molar-refractivity contribution in [1.29, 1.82) is 0 Å². The van der Waals surface area contributed by atoms with E-state index in [0.29, 0.717) is 18.5 Å². The zero-order valence-corrected chi connectivity index (χ0v) is 10.3. The van der Waals surface area contributed by atoms with Gasteiger partial charge in [0, 0.05) is 5.69 Å². The SMILES string of the molecule is CCC[C@@H](NC(=O)Cc1ccc(N)cc1)C(=O)O. The van der Waals surface area contributed by atoms with Gasteiger partial charge in [-0.05, 0) is 24.1 Å². The zero-order valence-electron chi connectivity index (χ0n) is 10.3. The van der Waals surface area contributed by atoms with E-state index in [1.54, 1.807) is 24.3 Å². The Bertz CT molecular complexity index is 415. The molecule has 1 rings (SSSR count). The van der Waals surface area contributed by atoms with Crippen LogP contribution in [-0.2, 0) is 16.0 Å². The van der Waals surface area contributed by atoms with E-state index < -0.39 is 12.0 Å². The first-order valence-corrected chi connectivity index (χ1v) is 5.89. The summed E-state index contributed by atoms with van der Waals surface area (Å²) in [6, 6.07) is 6.12. The maximum Gasteiger partial charge on any atom is 0.326 e. The van der Waals surface area contributed by atoms with Gasteiger partial charge in [-0.2, -0.15) is 0 Å². The molecule has 5 nitrogen and oxygen atoms in total. The second-order valence-electron chi connectivity index (χ2n) is 4.17. The van der Waals surface area contributed by atoms with E-state index >= 15 is 0 Å². The number of nitrogens with one attached hydrogen (secondary N) is 1. The number of hydrogen-bond donors (Lipinski definition) is 3. The molecule has 0 aliphatic heterocycles. The van der Waals surface area contributed by atoms with Crippen molar-refractivity contribution in [2.75, 3.05) is 5.73 Å². The number of carboxylic acids is 1. The minimum absolute atomic E-state index is 0.160. The Labute approximate surface area is 106 Å². The first-order valence-electron chi connectivity index (χ1n) is 5.89. The smallest absolute Gasteiger partial charge is 0.326 e. The Morgan fingerprint density at radius 2 is 1.94 bits per heavy atom. The molecule has 18 heavy (non-hydrogen) atoms. The van der Waals surface area contributed by atoms with Crippen molar-refractivity contribution in [2.45, 2.75) is 32.2 Å². The van der Waals surface area contributed by atoms with Crippen LogP contribution in [0.25, 0.3) is 0 Å². The van der Waals surface area contributed by atoms with Crippen molar-refractivity contribution in [3.8, 4) is 0 Å². The van der Waals surface area contributed by atoms with Crippen LogP contribution in [0.15, 0.2) is 24.3 Å². The molecule has 1 aromatic rings. The summed E-state index contributed by atoms with van der Waals surface area (Å²) in [5.41, 5.74) is 6.98. The molecule has 0 fully saturated rings. The summed E-state index contributed by atoms with van der Waals surface area (Å²) in [7, 11) is 0. The highest BCUT2D eigenvalue weighted by molar-refractivity contribution is 5.84. The second kappa shape index (κ2) is 6.64. The molecule has 1 amide bonds. The fourth-order valence-electron chi connectivity index (χ4n) is 1.61. The Morgan fingerprint density at radius 3 is 2.44 bits per heavy atom. The number of carbonyl (C=O) groups excluding carboxylic acids is 1. The quantitative estimate of drug-likeness (QED) is 0.661. The van der Waals surface area contributed by atoms with E-state index in [1.165, 1.54) is 0 Å². The van der Waals surface area contributed by atoms with Crippen LogP contribution in [0.2, 0.25) is 0 Å². The first-order chi connectivity index (χ1) is 8.52. The number of nitrogens with two attached hydrogens (primary N) is 1. The van der Waals surface area contributed by atoms with Gasteiger partial charge in [0.25, 0.3) is 0 Å². The van der Waals surface area contributed by atoms with Gasteiger partial charge < -0.3 is 16.2 Å². The molecular weight excluding hydrogens is 232 g/mol. The predicted octanol–water partition coefficient (Wildman–Crippen LogP) is 1.18. The third-order valence-corrected chi connectivity index (χ3v) is 2.56. The molecule has 98 valence electrons. The Balaban J connectivity index is 2.54. The summed E-state index contributed by atoms with van der Waals surface area (Å²) >= 11 is 0. The molecule has 0 saturated carbocycles. The minimum Gasteiger partial charge on any atom is -0.480 e. The number of benzene rings is 1. The number of carbonyl (C=O) groups is 2. The van der Waals surface area contributed by atoms with Crippen molar-refractivity contribution in [3.05, 3.63) is 29.8 Å². The fraction of sp³-hybridized carbons (Fsp3) is 0.385. The van der Waals surface area contributed by atoms with Crippen LogP contribution in [0.4, 0.5) is 5.69 Å². The number of hydrogen-bond acceptors (Lipinski definition) is 3. The lowest BCUT2D eigenvalue weighted by atomic mass is 10.1. The molecular formula is C13H18N2O3. The van der Waals surface area contributed by atoms with Crippen LogP contribution in [0.3, 0.4) is 0 Å². The molecule has 0 aromatic heterocycles. The lowest BCUT2D eigenvalue weighted by Crippen LogP contribution is -2.41. The van der Waals surface area contributed by atoms with Crippen LogP contribution in [0, 0.1) is 0 Å². The van der Waals surface area contributed by atoms with Crippen LogP contribution < -0.4 is 11.1 Å². The summed E-state index contributed by atoms with van der Waals surface area (Å²) in [4.78, 5) is 22.6. The van der Waals surface area contributed by atoms with Gasteiger partial charge in [0.15, 0.2) is 0 Å². The van der Waals surface area contributed by atoms with E-state index in [0.717, 1.165) is 5.56 Å². The number of rotatable bonds is 6. The third kappa shape index (κ3) is 4.45. The number of carboxylic acid groups (broad SMARTS) is 1. The molecule has 0 radical (unpaired) electrons. The van der Waals surface area contributed by atoms with E-state index in [9.17, 15) is 9.59 Å². The number of anilines is 1. The van der Waals surface area contributed by atoms with Gasteiger partial charge in [-0.3, -0.25) is 4.79 Å². The topological polar surface area (TPSA) is 92.4 Å². The second-order valence-corrected chi connectivity index (χ2v) is 4.17. The summed E-state index contributed by atoms with van der Waals surface area (Å²) in [5.74, 6) is -1.29. The Kier molecular flexibility index (Phi) is 5.17. The molecule has 0 unspecified atom stereocenters. The first kappa shape index (κ1) is 14.0. The predicted molar refractivity (Wildman–Crippen MR) is 69.0 cm³/mol. The van der Waals surface area contributed by atoms with Crippen LogP contribution >= 0.6 is 0 Å². The standard InChI is InChI=1S/C13H18N2O3/c1-2-3-11(13(17)18)15-12(16)8-9-4-6-10(14)7-5-9/h4-7,11H,2-3,8,14H2,1H3,(H,15,16)(H,17,18)/t11-/m1/s1. The largest absolute Gasteiger partial charge is 0.480 e. The summed E-state index contributed by atoms with van der Waals surface area (Å²) in [6.45, 7) is 1.88. The molecule has 0 bridgehead atoms. The Hall–Kier alpha value is -2.04. The van der Waals surface area contributed by atoms with E-state index in [-0.39, 0.29) is 12.3 Å². The Morgan fingerprint density at radius 1 is 1.33 bits per heavy atom. The highest BCUT2D eigenvalue weighted by Gasteiger charge is 2.18. The van der Waals surface area contributed by atoms with Crippen LogP contribution in [0.5, 0.6) is 0 Å². The molecule has 0 spiro atoms. The molecule has 0 heterocycles. The fourth-order valence-corrected chi connectivity index (χ4v) is 1.61. The monoisotopic (exact) mass is 250 g/mol. The average Bonchev–Trinajstić information content (AvgIpc) is 2.31. The molecule has 1 aromatic carbocycles. The van der Waals surface area contributed by atoms with E-state index in [2.05, 4.69) is 5.32 Å². The van der Waals surface area contributed by atoms with Gasteiger partial charge in [-0.25, -0.2) is 4.79 Å². The van der Waals surface area contributed by atoms with Gasteiger partial charge in [-0.1, -0.05) is 25.5 Å². The van der Waals surface area contributed by atoms with Gasteiger partial charge in [0.1, 0.15) is 6.04 Å². The number of amides is 1. The van der Waals surface area contributed by atoms with Gasteiger partial charge in [-0.15, -0.1) is 0 Å². The highest BCUT2D eigenvalue weighted by Crippen LogP contribution is 2.06. The van der Waals surface area contributed by atoms with Crippen molar-refractivity contribution in [1.82, 2.24) is 5.32 Å². The molecule has 4 N–H and O–H groups in total. The number of aliphatic carboxylic acids is 1. The number of nitrogen functional groups attached to an aromatic ring is 1. The normalized spacial score (nSPS) is 11.8. The van der Waals surface area contributed by atoms with Gasteiger partial charge >= 0.3 is 5.97 Å². The van der Waals surface area contributed by atoms with Gasteiger partial charge in [0.05, 0.1) is 6.42 Å². The molecule has 0 aliphatic rings. The highest BCUT2D eigenvalue weighted by atomic mass is 16.4. The third-order valence-electron chi connectivity index (χ3n) is 2.56. The lowest BCUT2D eigenvalue weighted by molar-refractivity contribution is -0.141. The van der Waals surface area contributed by atoms with Crippen LogP contribution in [0.1, 0.15) is 25.3 Å². The van der Waals surface area contributed by atoms with Crippen molar-refractivity contribution >= 4 is 17.6 Å². The van der Waals surface area contributed by atoms with Gasteiger partial charge in [0.2, 0.25) is 5.91 Å². The average molecular weight is 250 g/mol. The molecule has 0 aliphatic carbocycles. The molecule has 0 saturated heterocycles. The van der Waals surface area contributed by atoms with Crippen LogP contribution in [-0.4, -0.2) is 23.0 Å². The minimum atomic E-state index is -0.998. The molecule has 1 atom stereocenters. The maximum atomic E-state index is 11.7. The lowest BCUT2D eigenvalue weighted by Gasteiger charge is -2.13. The summed E-state index contributed by atoms with van der Waals surface area (Å²) in [5, 5.41) is 11.4. The van der Waals surface area contributed by atoms with E-state index in [4.69, 9.17) is 10.8 Å². The summed E-state index contributed by atoms with van der Waals surface area (Å²) < 4.78 is 0. The van der Waals surface area contributed by atoms with Crippen molar-refractivity contribution < 1.29 is 14.7 Å². The summed E-state index contributed by atoms with van der Waals surface area (Å²) in [6.07, 6.45) is 1.30. The zero-order chi connectivity index (χ0) is 13.5. The maximum absolute atomic E-state index is 11.7. The van der Waals surface area contributed by atoms with Crippen molar-refractivity contribution in [2.24, 2.45) is 0 Å². The molecule has 5 heteroatoms.